The lowest BCUT2D eigenvalue weighted by atomic mass is 10.1. The van der Waals surface area contributed by atoms with E-state index in [0.29, 0.717) is 5.92 Å². The molecule has 0 aromatic carbocycles. The Morgan fingerprint density at radius 1 is 1.50 bits per heavy atom. The van der Waals surface area contributed by atoms with Gasteiger partial charge < -0.3 is 10.2 Å². The van der Waals surface area contributed by atoms with Crippen molar-refractivity contribution in [2.24, 2.45) is 11.3 Å². The fraction of sp³-hybridized carbons (Fsp3) is 0.750. The largest absolute Gasteiger partial charge is 0.396 e. The molecular formula is C8H14O2. The summed E-state index contributed by atoms with van der Waals surface area (Å²) in [4.78, 5) is 0. The summed E-state index contributed by atoms with van der Waals surface area (Å²) in [5.41, 5.74) is -0.174. The molecular weight excluding hydrogens is 128 g/mol. The molecule has 1 atom stereocenters. The van der Waals surface area contributed by atoms with Crippen LogP contribution in [0.2, 0.25) is 0 Å². The number of hydrogen-bond donors (Lipinski definition) is 2. The molecule has 0 bridgehead atoms. The van der Waals surface area contributed by atoms with Gasteiger partial charge in [0.1, 0.15) is 0 Å². The molecule has 0 aromatic heterocycles. The molecule has 0 saturated heterocycles. The standard InChI is InChI=1S/C8H14O2/c1-2-3-7-4-8(7,5-9)6-10/h2-3,7,9-10H,4-6H2,1H3/b3-2+/t7-/m0/s1. The van der Waals surface area contributed by atoms with Gasteiger partial charge in [-0.25, -0.2) is 0 Å². The minimum atomic E-state index is -0.174. The van der Waals surface area contributed by atoms with Crippen LogP contribution in [0.4, 0.5) is 0 Å². The van der Waals surface area contributed by atoms with E-state index in [-0.39, 0.29) is 18.6 Å². The Kier molecular flexibility index (Phi) is 2.11. The second-order valence-electron chi connectivity index (χ2n) is 3.02. The highest BCUT2D eigenvalue weighted by atomic mass is 16.3. The monoisotopic (exact) mass is 142 g/mol. The minimum absolute atomic E-state index is 0.110. The number of allylic oxidation sites excluding steroid dienone is 2. The van der Waals surface area contributed by atoms with Gasteiger partial charge in [-0.05, 0) is 19.3 Å². The molecule has 0 spiro atoms. The van der Waals surface area contributed by atoms with Crippen LogP contribution >= 0.6 is 0 Å². The summed E-state index contributed by atoms with van der Waals surface area (Å²) in [6.07, 6.45) is 4.95. The third-order valence-electron chi connectivity index (χ3n) is 2.31. The van der Waals surface area contributed by atoms with Crippen LogP contribution in [0.5, 0.6) is 0 Å². The average molecular weight is 142 g/mol. The minimum Gasteiger partial charge on any atom is -0.396 e. The molecule has 2 N–H and O–H groups in total. The highest BCUT2D eigenvalue weighted by Gasteiger charge is 2.51. The molecule has 0 radical (unpaired) electrons. The van der Waals surface area contributed by atoms with Crippen molar-refractivity contribution in [1.82, 2.24) is 0 Å². The lowest BCUT2D eigenvalue weighted by molar-refractivity contribution is 0.126. The topological polar surface area (TPSA) is 40.5 Å². The Morgan fingerprint density at radius 3 is 2.40 bits per heavy atom. The number of aliphatic hydroxyl groups is 2. The van der Waals surface area contributed by atoms with Crippen LogP contribution in [0.1, 0.15) is 13.3 Å². The first-order valence-electron chi connectivity index (χ1n) is 3.63. The number of rotatable bonds is 3. The SMILES string of the molecule is C/C=C/[C@H]1CC1(CO)CO. The van der Waals surface area contributed by atoms with Crippen molar-refractivity contribution in [3.63, 3.8) is 0 Å². The molecule has 0 amide bonds. The van der Waals surface area contributed by atoms with E-state index in [1.54, 1.807) is 0 Å². The van der Waals surface area contributed by atoms with Crippen molar-refractivity contribution in [3.8, 4) is 0 Å². The van der Waals surface area contributed by atoms with Gasteiger partial charge in [0.15, 0.2) is 0 Å². The molecule has 1 saturated carbocycles. The number of hydrogen-bond acceptors (Lipinski definition) is 2. The van der Waals surface area contributed by atoms with E-state index in [9.17, 15) is 0 Å². The lowest BCUT2D eigenvalue weighted by Gasteiger charge is -2.06. The molecule has 0 aromatic rings. The fourth-order valence-electron chi connectivity index (χ4n) is 1.30. The maximum atomic E-state index is 8.86. The second-order valence-corrected chi connectivity index (χ2v) is 3.02. The second kappa shape index (κ2) is 2.72. The molecule has 1 fully saturated rings. The third kappa shape index (κ3) is 1.09. The maximum Gasteiger partial charge on any atom is 0.0515 e. The first-order valence-corrected chi connectivity index (χ1v) is 3.63. The summed E-state index contributed by atoms with van der Waals surface area (Å²) < 4.78 is 0. The van der Waals surface area contributed by atoms with Crippen LogP contribution in [-0.4, -0.2) is 23.4 Å². The zero-order valence-electron chi connectivity index (χ0n) is 6.25. The quantitative estimate of drug-likeness (QED) is 0.565. The molecule has 0 aliphatic heterocycles. The summed E-state index contributed by atoms with van der Waals surface area (Å²) in [7, 11) is 0. The molecule has 1 rings (SSSR count). The zero-order chi connectivity index (χ0) is 7.61. The van der Waals surface area contributed by atoms with E-state index in [1.807, 2.05) is 19.1 Å². The lowest BCUT2D eigenvalue weighted by Crippen LogP contribution is -2.14. The van der Waals surface area contributed by atoms with Crippen molar-refractivity contribution in [2.45, 2.75) is 13.3 Å². The highest BCUT2D eigenvalue weighted by Crippen LogP contribution is 2.52. The maximum absolute atomic E-state index is 8.86. The smallest absolute Gasteiger partial charge is 0.0515 e. The molecule has 58 valence electrons. The Morgan fingerprint density at radius 2 is 2.10 bits per heavy atom. The normalized spacial score (nSPS) is 29.3. The fourth-order valence-corrected chi connectivity index (χ4v) is 1.30. The van der Waals surface area contributed by atoms with Gasteiger partial charge in [0.2, 0.25) is 0 Å². The van der Waals surface area contributed by atoms with Crippen LogP contribution in [0.25, 0.3) is 0 Å². The third-order valence-corrected chi connectivity index (χ3v) is 2.31. The van der Waals surface area contributed by atoms with Crippen molar-refractivity contribution in [2.75, 3.05) is 13.2 Å². The molecule has 10 heavy (non-hydrogen) atoms. The van der Waals surface area contributed by atoms with Crippen LogP contribution in [-0.2, 0) is 0 Å². The van der Waals surface area contributed by atoms with E-state index < -0.39 is 0 Å². The Bertz CT molecular complexity index is 136. The molecule has 2 heteroatoms. The van der Waals surface area contributed by atoms with E-state index in [4.69, 9.17) is 10.2 Å². The summed E-state index contributed by atoms with van der Waals surface area (Å²) in [5.74, 6) is 0.410. The van der Waals surface area contributed by atoms with Crippen molar-refractivity contribution < 1.29 is 10.2 Å². The summed E-state index contributed by atoms with van der Waals surface area (Å²) in [6, 6.07) is 0. The van der Waals surface area contributed by atoms with Gasteiger partial charge in [-0.3, -0.25) is 0 Å². The van der Waals surface area contributed by atoms with Crippen molar-refractivity contribution >= 4 is 0 Å². The zero-order valence-corrected chi connectivity index (χ0v) is 6.25. The van der Waals surface area contributed by atoms with Crippen LogP contribution in [0.15, 0.2) is 12.2 Å². The first kappa shape index (κ1) is 7.76. The average Bonchev–Trinajstić information content (AvgIpc) is 2.65. The van der Waals surface area contributed by atoms with Gasteiger partial charge in [-0.2, -0.15) is 0 Å². The van der Waals surface area contributed by atoms with E-state index >= 15 is 0 Å². The van der Waals surface area contributed by atoms with Gasteiger partial charge in [0, 0.05) is 5.41 Å². The van der Waals surface area contributed by atoms with Crippen molar-refractivity contribution in [3.05, 3.63) is 12.2 Å². The van der Waals surface area contributed by atoms with E-state index in [1.165, 1.54) is 0 Å². The molecule has 2 nitrogen and oxygen atoms in total. The molecule has 1 aliphatic rings. The molecule has 0 unspecified atom stereocenters. The van der Waals surface area contributed by atoms with Crippen LogP contribution < -0.4 is 0 Å². The summed E-state index contributed by atoms with van der Waals surface area (Å²) in [6.45, 7) is 2.18. The van der Waals surface area contributed by atoms with E-state index in [0.717, 1.165) is 6.42 Å². The van der Waals surface area contributed by atoms with Gasteiger partial charge in [0.05, 0.1) is 13.2 Å². The number of aliphatic hydroxyl groups excluding tert-OH is 2. The molecule has 1 aliphatic carbocycles. The molecule has 0 heterocycles. The van der Waals surface area contributed by atoms with Gasteiger partial charge in [-0.1, -0.05) is 12.2 Å². The van der Waals surface area contributed by atoms with Gasteiger partial charge in [0.25, 0.3) is 0 Å². The first-order chi connectivity index (χ1) is 4.79. The predicted octanol–water partition coefficient (Wildman–Crippen LogP) is 0.553. The van der Waals surface area contributed by atoms with Gasteiger partial charge in [-0.15, -0.1) is 0 Å². The highest BCUT2D eigenvalue weighted by molar-refractivity contribution is 5.11. The van der Waals surface area contributed by atoms with Gasteiger partial charge >= 0.3 is 0 Å². The summed E-state index contributed by atoms with van der Waals surface area (Å²) >= 11 is 0. The Hall–Kier alpha value is -0.340. The predicted molar refractivity (Wildman–Crippen MR) is 39.5 cm³/mol. The van der Waals surface area contributed by atoms with E-state index in [2.05, 4.69) is 0 Å². The van der Waals surface area contributed by atoms with Crippen LogP contribution in [0, 0.1) is 11.3 Å². The van der Waals surface area contributed by atoms with Crippen molar-refractivity contribution in [1.29, 1.82) is 0 Å². The van der Waals surface area contributed by atoms with Crippen LogP contribution in [0.3, 0.4) is 0 Å². The summed E-state index contributed by atoms with van der Waals surface area (Å²) in [5, 5.41) is 17.7. The Labute approximate surface area is 61.2 Å². The Balaban J connectivity index is 2.44.